The van der Waals surface area contributed by atoms with Crippen molar-refractivity contribution >= 4 is 9.84 Å². The molecule has 1 heterocycles. The average molecular weight is 286 g/mol. The van der Waals surface area contributed by atoms with Crippen molar-refractivity contribution in [2.24, 2.45) is 5.84 Å². The Labute approximate surface area is 113 Å². The van der Waals surface area contributed by atoms with Gasteiger partial charge in [0, 0.05) is 0 Å². The fourth-order valence-electron chi connectivity index (χ4n) is 2.57. The summed E-state index contributed by atoms with van der Waals surface area (Å²) in [5.41, 5.74) is 3.66. The van der Waals surface area contributed by atoms with Gasteiger partial charge in [0.25, 0.3) is 0 Å². The van der Waals surface area contributed by atoms with E-state index in [4.69, 9.17) is 5.84 Å². The molecule has 2 rings (SSSR count). The standard InChI is InChI=1S/C13H19FN2O2S/c1-9-5-6-10(8-11(9)14)13(16-15)12-4-2-3-7-19(12,17)18/h5-6,8,12-13,16H,2-4,7,15H2,1H3. The van der Waals surface area contributed by atoms with Crippen molar-refractivity contribution in [2.75, 3.05) is 5.75 Å². The van der Waals surface area contributed by atoms with Crippen LogP contribution in [0.5, 0.6) is 0 Å². The molecule has 2 unspecified atom stereocenters. The highest BCUT2D eigenvalue weighted by molar-refractivity contribution is 7.92. The fourth-order valence-corrected chi connectivity index (χ4v) is 4.66. The molecule has 0 aliphatic carbocycles. The monoisotopic (exact) mass is 286 g/mol. The van der Waals surface area contributed by atoms with Crippen molar-refractivity contribution < 1.29 is 12.8 Å². The van der Waals surface area contributed by atoms with Crippen LogP contribution in [0.25, 0.3) is 0 Å². The second-order valence-electron chi connectivity index (χ2n) is 5.05. The predicted octanol–water partition coefficient (Wildman–Crippen LogP) is 1.61. The number of benzene rings is 1. The Balaban J connectivity index is 2.36. The zero-order valence-corrected chi connectivity index (χ0v) is 11.7. The van der Waals surface area contributed by atoms with E-state index in [9.17, 15) is 12.8 Å². The first-order valence-electron chi connectivity index (χ1n) is 6.39. The van der Waals surface area contributed by atoms with Crippen molar-refractivity contribution in [3.63, 3.8) is 0 Å². The van der Waals surface area contributed by atoms with E-state index in [1.165, 1.54) is 6.07 Å². The highest BCUT2D eigenvalue weighted by Gasteiger charge is 2.36. The molecule has 0 spiro atoms. The van der Waals surface area contributed by atoms with E-state index in [1.54, 1.807) is 19.1 Å². The van der Waals surface area contributed by atoms with Gasteiger partial charge < -0.3 is 0 Å². The lowest BCUT2D eigenvalue weighted by molar-refractivity contribution is 0.452. The molecular formula is C13H19FN2O2S. The molecule has 0 saturated carbocycles. The summed E-state index contributed by atoms with van der Waals surface area (Å²) in [7, 11) is -3.17. The highest BCUT2D eigenvalue weighted by atomic mass is 32.2. The Hall–Kier alpha value is -0.980. The van der Waals surface area contributed by atoms with Gasteiger partial charge >= 0.3 is 0 Å². The minimum Gasteiger partial charge on any atom is -0.271 e. The number of aryl methyl sites for hydroxylation is 1. The highest BCUT2D eigenvalue weighted by Crippen LogP contribution is 2.30. The second-order valence-corrected chi connectivity index (χ2v) is 7.39. The topological polar surface area (TPSA) is 72.2 Å². The molecule has 0 amide bonds. The number of hydrogen-bond acceptors (Lipinski definition) is 4. The van der Waals surface area contributed by atoms with Crippen LogP contribution in [-0.2, 0) is 9.84 Å². The Kier molecular flexibility index (Phi) is 4.23. The SMILES string of the molecule is Cc1ccc(C(NN)C2CCCCS2(=O)=O)cc1F. The van der Waals surface area contributed by atoms with Gasteiger partial charge in [-0.3, -0.25) is 11.3 Å². The summed E-state index contributed by atoms with van der Waals surface area (Å²) in [6.45, 7) is 1.67. The summed E-state index contributed by atoms with van der Waals surface area (Å²) in [5, 5.41) is -0.576. The normalized spacial score (nSPS) is 24.1. The molecule has 3 N–H and O–H groups in total. The number of rotatable bonds is 3. The minimum atomic E-state index is -3.17. The lowest BCUT2D eigenvalue weighted by Gasteiger charge is -2.30. The Bertz CT molecular complexity index is 560. The second kappa shape index (κ2) is 5.56. The first-order valence-corrected chi connectivity index (χ1v) is 8.11. The van der Waals surface area contributed by atoms with Crippen LogP contribution >= 0.6 is 0 Å². The molecule has 4 nitrogen and oxygen atoms in total. The van der Waals surface area contributed by atoms with Crippen molar-refractivity contribution in [3.05, 3.63) is 35.1 Å². The molecule has 1 aliphatic heterocycles. The van der Waals surface area contributed by atoms with Crippen molar-refractivity contribution in [1.29, 1.82) is 0 Å². The van der Waals surface area contributed by atoms with Crippen LogP contribution in [0.1, 0.15) is 36.4 Å². The lowest BCUT2D eigenvalue weighted by atomic mass is 9.99. The summed E-state index contributed by atoms with van der Waals surface area (Å²) < 4.78 is 37.9. The smallest absolute Gasteiger partial charge is 0.155 e. The Morgan fingerprint density at radius 3 is 2.74 bits per heavy atom. The summed E-state index contributed by atoms with van der Waals surface area (Å²) in [5.74, 6) is 5.35. The maximum atomic E-state index is 13.6. The molecule has 19 heavy (non-hydrogen) atoms. The van der Waals surface area contributed by atoms with E-state index in [2.05, 4.69) is 5.43 Å². The molecule has 1 aliphatic rings. The van der Waals surface area contributed by atoms with E-state index in [0.29, 0.717) is 24.0 Å². The van der Waals surface area contributed by atoms with Gasteiger partial charge in [0.1, 0.15) is 5.82 Å². The molecule has 1 fully saturated rings. The van der Waals surface area contributed by atoms with Crippen LogP contribution in [0.4, 0.5) is 4.39 Å². The molecule has 1 aromatic carbocycles. The molecule has 1 saturated heterocycles. The van der Waals surface area contributed by atoms with Gasteiger partial charge in [0.15, 0.2) is 9.84 Å². The van der Waals surface area contributed by atoms with E-state index in [1.807, 2.05) is 0 Å². The maximum absolute atomic E-state index is 13.6. The first-order chi connectivity index (χ1) is 8.95. The van der Waals surface area contributed by atoms with Gasteiger partial charge in [0.2, 0.25) is 0 Å². The van der Waals surface area contributed by atoms with Crippen LogP contribution in [0.2, 0.25) is 0 Å². The largest absolute Gasteiger partial charge is 0.271 e. The van der Waals surface area contributed by atoms with Crippen LogP contribution in [0.15, 0.2) is 18.2 Å². The number of halogens is 1. The van der Waals surface area contributed by atoms with Gasteiger partial charge in [-0.2, -0.15) is 0 Å². The summed E-state index contributed by atoms with van der Waals surface area (Å²) in [6.07, 6.45) is 2.11. The van der Waals surface area contributed by atoms with E-state index in [0.717, 1.165) is 6.42 Å². The van der Waals surface area contributed by atoms with E-state index in [-0.39, 0.29) is 11.6 Å². The Morgan fingerprint density at radius 2 is 2.16 bits per heavy atom. The van der Waals surface area contributed by atoms with Gasteiger partial charge in [-0.15, -0.1) is 0 Å². The minimum absolute atomic E-state index is 0.185. The quantitative estimate of drug-likeness (QED) is 0.654. The van der Waals surface area contributed by atoms with Crippen LogP contribution in [0.3, 0.4) is 0 Å². The van der Waals surface area contributed by atoms with Crippen LogP contribution in [0, 0.1) is 12.7 Å². The third kappa shape index (κ3) is 2.96. The average Bonchev–Trinajstić information content (AvgIpc) is 2.36. The van der Waals surface area contributed by atoms with Crippen LogP contribution in [-0.4, -0.2) is 19.4 Å². The molecular weight excluding hydrogens is 267 g/mol. The number of sulfone groups is 1. The summed E-state index contributed by atoms with van der Waals surface area (Å²) >= 11 is 0. The Morgan fingerprint density at radius 1 is 1.42 bits per heavy atom. The molecule has 0 bridgehead atoms. The zero-order chi connectivity index (χ0) is 14.0. The molecule has 0 aromatic heterocycles. The van der Waals surface area contributed by atoms with Crippen molar-refractivity contribution in [3.8, 4) is 0 Å². The number of hydrogen-bond donors (Lipinski definition) is 2. The van der Waals surface area contributed by atoms with Crippen LogP contribution < -0.4 is 11.3 Å². The first kappa shape index (κ1) is 14.4. The van der Waals surface area contributed by atoms with Crippen molar-refractivity contribution in [1.82, 2.24) is 5.43 Å². The lowest BCUT2D eigenvalue weighted by Crippen LogP contribution is -2.43. The number of nitrogens with two attached hydrogens (primary N) is 1. The molecule has 106 valence electrons. The number of nitrogens with one attached hydrogen (secondary N) is 1. The van der Waals surface area contributed by atoms with Gasteiger partial charge in [-0.05, 0) is 37.0 Å². The molecule has 2 atom stereocenters. The summed E-state index contributed by atoms with van der Waals surface area (Å²) in [6, 6.07) is 4.18. The van der Waals surface area contributed by atoms with E-state index >= 15 is 0 Å². The third-order valence-corrected chi connectivity index (χ3v) is 6.02. The molecule has 1 aromatic rings. The summed E-state index contributed by atoms with van der Waals surface area (Å²) in [4.78, 5) is 0. The fraction of sp³-hybridized carbons (Fsp3) is 0.538. The zero-order valence-electron chi connectivity index (χ0n) is 10.9. The number of hydrazine groups is 1. The van der Waals surface area contributed by atoms with Gasteiger partial charge in [0.05, 0.1) is 17.0 Å². The molecule has 0 radical (unpaired) electrons. The predicted molar refractivity (Wildman–Crippen MR) is 72.6 cm³/mol. The maximum Gasteiger partial charge on any atom is 0.155 e. The van der Waals surface area contributed by atoms with Gasteiger partial charge in [-0.25, -0.2) is 12.8 Å². The van der Waals surface area contributed by atoms with Gasteiger partial charge in [-0.1, -0.05) is 18.6 Å². The van der Waals surface area contributed by atoms with E-state index < -0.39 is 21.1 Å². The molecule has 6 heteroatoms. The third-order valence-electron chi connectivity index (χ3n) is 3.74. The van der Waals surface area contributed by atoms with Crippen molar-refractivity contribution in [2.45, 2.75) is 37.5 Å².